The fraction of sp³-hybridized carbons (Fsp3) is 0.533. The molecule has 0 bridgehead atoms. The van der Waals surface area contributed by atoms with Crippen LogP contribution in [-0.4, -0.2) is 54.5 Å². The van der Waals surface area contributed by atoms with E-state index in [0.717, 1.165) is 36.0 Å². The predicted octanol–water partition coefficient (Wildman–Crippen LogP) is 2.64. The molecule has 0 aromatic heterocycles. The lowest BCUT2D eigenvalue weighted by atomic mass is 10.1. The van der Waals surface area contributed by atoms with E-state index in [4.69, 9.17) is 0 Å². The lowest BCUT2D eigenvalue weighted by molar-refractivity contribution is 0.0693. The van der Waals surface area contributed by atoms with Crippen molar-refractivity contribution in [2.75, 3.05) is 37.3 Å². The van der Waals surface area contributed by atoms with Crippen molar-refractivity contribution in [2.45, 2.75) is 24.8 Å². The molecule has 110 valence electrons. The smallest absolute Gasteiger partial charge is 0.338 e. The highest BCUT2D eigenvalue weighted by molar-refractivity contribution is 7.99. The first-order valence-electron chi connectivity index (χ1n) is 6.98. The number of anilines is 1. The lowest BCUT2D eigenvalue weighted by Gasteiger charge is -2.39. The molecule has 1 N–H and O–H groups in total. The van der Waals surface area contributed by atoms with E-state index >= 15 is 0 Å². The molecule has 1 atom stereocenters. The number of carboxylic acid groups (broad SMARTS) is 1. The van der Waals surface area contributed by atoms with E-state index in [2.05, 4.69) is 23.8 Å². The van der Waals surface area contributed by atoms with E-state index in [0.29, 0.717) is 11.6 Å². The number of piperazine rings is 1. The molecule has 2 rings (SSSR count). The van der Waals surface area contributed by atoms with Crippen LogP contribution < -0.4 is 4.90 Å². The normalized spacial score (nSPS) is 20.1. The Morgan fingerprint density at radius 1 is 1.45 bits per heavy atom. The van der Waals surface area contributed by atoms with Gasteiger partial charge in [0.05, 0.1) is 11.3 Å². The van der Waals surface area contributed by atoms with Crippen LogP contribution in [0.2, 0.25) is 0 Å². The number of hydrogen-bond donors (Lipinski definition) is 1. The van der Waals surface area contributed by atoms with Crippen LogP contribution in [-0.2, 0) is 0 Å². The maximum Gasteiger partial charge on any atom is 0.338 e. The summed E-state index contributed by atoms with van der Waals surface area (Å²) in [6.07, 6.45) is 0. The van der Waals surface area contributed by atoms with Crippen LogP contribution in [0.5, 0.6) is 0 Å². The third-order valence-corrected chi connectivity index (χ3v) is 4.76. The van der Waals surface area contributed by atoms with Gasteiger partial charge in [0, 0.05) is 30.6 Å². The fourth-order valence-corrected chi connectivity index (χ4v) is 3.36. The van der Waals surface area contributed by atoms with Crippen molar-refractivity contribution in [1.82, 2.24) is 4.90 Å². The molecule has 1 fully saturated rings. The van der Waals surface area contributed by atoms with Crippen molar-refractivity contribution in [3.8, 4) is 0 Å². The Bertz CT molecular complexity index is 493. The Labute approximate surface area is 124 Å². The molecule has 1 aromatic rings. The summed E-state index contributed by atoms with van der Waals surface area (Å²) in [5.74, 6) is 0.0474. The van der Waals surface area contributed by atoms with E-state index in [1.54, 1.807) is 11.8 Å². The third kappa shape index (κ3) is 3.10. The minimum absolute atomic E-state index is 0.438. The monoisotopic (exact) mass is 294 g/mol. The van der Waals surface area contributed by atoms with Gasteiger partial charge in [0.1, 0.15) is 0 Å². The number of likely N-dealkylation sites (N-methyl/N-ethyl adjacent to an activating group) is 1. The molecule has 4 nitrogen and oxygen atoms in total. The summed E-state index contributed by atoms with van der Waals surface area (Å²) < 4.78 is 0. The highest BCUT2D eigenvalue weighted by Gasteiger charge is 2.25. The van der Waals surface area contributed by atoms with Crippen molar-refractivity contribution in [1.29, 1.82) is 0 Å². The number of thioether (sulfide) groups is 1. The van der Waals surface area contributed by atoms with Gasteiger partial charge in [-0.2, -0.15) is 0 Å². The van der Waals surface area contributed by atoms with Gasteiger partial charge in [-0.1, -0.05) is 13.0 Å². The van der Waals surface area contributed by atoms with Gasteiger partial charge in [0.15, 0.2) is 0 Å². The summed E-state index contributed by atoms with van der Waals surface area (Å²) >= 11 is 1.59. The molecule has 20 heavy (non-hydrogen) atoms. The number of nitrogens with zero attached hydrogens (tertiary/aromatic N) is 2. The van der Waals surface area contributed by atoms with Gasteiger partial charge in [0.25, 0.3) is 0 Å². The van der Waals surface area contributed by atoms with Crippen LogP contribution in [0.1, 0.15) is 24.2 Å². The number of benzene rings is 1. The molecule has 1 heterocycles. The van der Waals surface area contributed by atoms with Crippen LogP contribution >= 0.6 is 11.8 Å². The Morgan fingerprint density at radius 3 is 2.80 bits per heavy atom. The fourth-order valence-electron chi connectivity index (χ4n) is 2.54. The van der Waals surface area contributed by atoms with Crippen LogP contribution in [0.15, 0.2) is 23.1 Å². The molecule has 1 aliphatic heterocycles. The Morgan fingerprint density at radius 2 is 2.20 bits per heavy atom. The second-order valence-corrected chi connectivity index (χ2v) is 6.47. The molecule has 0 saturated carbocycles. The molecule has 1 aromatic carbocycles. The van der Waals surface area contributed by atoms with Crippen molar-refractivity contribution in [3.05, 3.63) is 23.8 Å². The molecule has 1 aliphatic rings. The Hall–Kier alpha value is -1.20. The maximum atomic E-state index is 11.7. The van der Waals surface area contributed by atoms with Crippen molar-refractivity contribution in [2.24, 2.45) is 0 Å². The highest BCUT2D eigenvalue weighted by atomic mass is 32.2. The van der Waals surface area contributed by atoms with Gasteiger partial charge in [-0.3, -0.25) is 0 Å². The first-order chi connectivity index (χ1) is 9.54. The van der Waals surface area contributed by atoms with Crippen molar-refractivity contribution >= 4 is 23.4 Å². The topological polar surface area (TPSA) is 43.8 Å². The second-order valence-electron chi connectivity index (χ2n) is 5.16. The molecule has 1 saturated heterocycles. The molecular weight excluding hydrogens is 272 g/mol. The average molecular weight is 294 g/mol. The summed E-state index contributed by atoms with van der Waals surface area (Å²) in [4.78, 5) is 17.0. The van der Waals surface area contributed by atoms with Crippen molar-refractivity contribution < 1.29 is 9.90 Å². The largest absolute Gasteiger partial charge is 0.478 e. The summed E-state index contributed by atoms with van der Waals surface area (Å²) in [6.45, 7) is 6.93. The maximum absolute atomic E-state index is 11.7. The number of aromatic carboxylic acids is 1. The number of hydrogen-bond acceptors (Lipinski definition) is 4. The zero-order chi connectivity index (χ0) is 14.7. The van der Waals surface area contributed by atoms with E-state index in [-0.39, 0.29) is 0 Å². The average Bonchev–Trinajstić information content (AvgIpc) is 2.42. The molecule has 0 radical (unpaired) electrons. The molecule has 5 heteroatoms. The van der Waals surface area contributed by atoms with E-state index in [9.17, 15) is 9.90 Å². The van der Waals surface area contributed by atoms with Gasteiger partial charge in [-0.15, -0.1) is 11.8 Å². The second kappa shape index (κ2) is 6.50. The molecule has 1 unspecified atom stereocenters. The zero-order valence-corrected chi connectivity index (χ0v) is 13.1. The molecule has 0 amide bonds. The number of rotatable bonds is 4. The van der Waals surface area contributed by atoms with E-state index < -0.39 is 5.97 Å². The van der Waals surface area contributed by atoms with Gasteiger partial charge >= 0.3 is 5.97 Å². The highest BCUT2D eigenvalue weighted by Crippen LogP contribution is 2.32. The summed E-state index contributed by atoms with van der Waals surface area (Å²) in [7, 11) is 2.11. The number of carbonyl (C=O) groups is 1. The SMILES string of the molecule is CCSc1cccc(N2CCN(C)C(C)C2)c1C(=O)O. The van der Waals surface area contributed by atoms with E-state index in [1.807, 2.05) is 25.1 Å². The summed E-state index contributed by atoms with van der Waals surface area (Å²) in [5, 5.41) is 9.57. The first kappa shape index (κ1) is 15.2. The standard InChI is InChI=1S/C15H22N2O2S/c1-4-20-13-7-5-6-12(14(13)15(18)19)17-9-8-16(3)11(2)10-17/h5-7,11H,4,8-10H2,1-3H3,(H,18,19). The predicted molar refractivity (Wildman–Crippen MR) is 84.1 cm³/mol. The van der Waals surface area contributed by atoms with Gasteiger partial charge in [-0.05, 0) is 31.9 Å². The van der Waals surface area contributed by atoms with Gasteiger partial charge in [-0.25, -0.2) is 4.79 Å². The van der Waals surface area contributed by atoms with Crippen LogP contribution in [0.3, 0.4) is 0 Å². The summed E-state index contributed by atoms with van der Waals surface area (Å²) in [5.41, 5.74) is 1.31. The first-order valence-corrected chi connectivity index (χ1v) is 7.97. The minimum atomic E-state index is -0.830. The van der Waals surface area contributed by atoms with Gasteiger partial charge in [0.2, 0.25) is 0 Å². The Balaban J connectivity index is 2.35. The Kier molecular flexibility index (Phi) is 4.94. The molecular formula is C15H22N2O2S. The van der Waals surface area contributed by atoms with Gasteiger partial charge < -0.3 is 14.9 Å². The third-order valence-electron chi connectivity index (χ3n) is 3.82. The van der Waals surface area contributed by atoms with Crippen LogP contribution in [0, 0.1) is 0 Å². The molecule has 0 spiro atoms. The quantitative estimate of drug-likeness (QED) is 0.865. The lowest BCUT2D eigenvalue weighted by Crippen LogP contribution is -2.50. The molecule has 0 aliphatic carbocycles. The van der Waals surface area contributed by atoms with Crippen molar-refractivity contribution in [3.63, 3.8) is 0 Å². The summed E-state index contributed by atoms with van der Waals surface area (Å²) in [6, 6.07) is 6.23. The zero-order valence-electron chi connectivity index (χ0n) is 12.3. The number of carboxylic acids is 1. The van der Waals surface area contributed by atoms with Crippen LogP contribution in [0.25, 0.3) is 0 Å². The van der Waals surface area contributed by atoms with E-state index in [1.165, 1.54) is 0 Å². The minimum Gasteiger partial charge on any atom is -0.478 e. The van der Waals surface area contributed by atoms with Crippen LogP contribution in [0.4, 0.5) is 5.69 Å².